The van der Waals surface area contributed by atoms with Crippen molar-refractivity contribution in [3.05, 3.63) is 60.7 Å². The van der Waals surface area contributed by atoms with Crippen molar-refractivity contribution in [1.82, 2.24) is 0 Å². The maximum atomic E-state index is 11.4. The quantitative estimate of drug-likeness (QED) is 0.402. The second-order valence-electron chi connectivity index (χ2n) is 5.48. The van der Waals surface area contributed by atoms with Crippen molar-refractivity contribution in [3.8, 4) is 11.5 Å². The number of fused-ring (bicyclic) bond motifs is 3. The zero-order valence-electron chi connectivity index (χ0n) is 13.9. The highest BCUT2D eigenvalue weighted by atomic mass is 16.5. The Labute approximate surface area is 144 Å². The van der Waals surface area contributed by atoms with E-state index in [9.17, 15) is 9.59 Å². The zero-order chi connectivity index (χ0) is 18.1. The van der Waals surface area contributed by atoms with E-state index in [2.05, 4.69) is 13.2 Å². The Balaban J connectivity index is 2.18. The fourth-order valence-electron chi connectivity index (χ4n) is 2.66. The van der Waals surface area contributed by atoms with Gasteiger partial charge in [-0.25, -0.2) is 9.59 Å². The number of benzene rings is 2. The second kappa shape index (κ2) is 6.28. The summed E-state index contributed by atoms with van der Waals surface area (Å²) < 4.78 is 16.4. The number of carbonyl (C=O) groups is 2. The molecule has 1 aromatic heterocycles. The monoisotopic (exact) mass is 336 g/mol. The summed E-state index contributed by atoms with van der Waals surface area (Å²) in [4.78, 5) is 22.9. The van der Waals surface area contributed by atoms with Gasteiger partial charge in [0.15, 0.2) is 0 Å². The summed E-state index contributed by atoms with van der Waals surface area (Å²) in [7, 11) is 0. The Morgan fingerprint density at radius 3 is 1.60 bits per heavy atom. The summed E-state index contributed by atoms with van der Waals surface area (Å²) in [6, 6.07) is 7.09. The van der Waals surface area contributed by atoms with Gasteiger partial charge < -0.3 is 13.9 Å². The molecule has 0 N–H and O–H groups in total. The van der Waals surface area contributed by atoms with Crippen LogP contribution in [0.3, 0.4) is 0 Å². The van der Waals surface area contributed by atoms with Gasteiger partial charge in [0.05, 0.1) is 0 Å². The predicted octanol–water partition coefficient (Wildman–Crippen LogP) is 4.39. The third kappa shape index (κ3) is 2.80. The lowest BCUT2D eigenvalue weighted by molar-refractivity contribution is -0.129. The van der Waals surface area contributed by atoms with Crippen LogP contribution in [0.5, 0.6) is 11.5 Å². The molecule has 3 rings (SSSR count). The van der Waals surface area contributed by atoms with Crippen LogP contribution < -0.4 is 9.47 Å². The van der Waals surface area contributed by atoms with E-state index in [0.29, 0.717) is 33.8 Å². The maximum Gasteiger partial charge on any atom is 0.335 e. The molecule has 0 radical (unpaired) electrons. The van der Waals surface area contributed by atoms with Crippen LogP contribution in [0.2, 0.25) is 0 Å². The van der Waals surface area contributed by atoms with Crippen LogP contribution in [0.15, 0.2) is 54.0 Å². The van der Waals surface area contributed by atoms with E-state index in [0.717, 1.165) is 22.9 Å². The van der Waals surface area contributed by atoms with Crippen LogP contribution in [0.1, 0.15) is 11.1 Å². The van der Waals surface area contributed by atoms with Gasteiger partial charge in [0.1, 0.15) is 22.7 Å². The molecule has 25 heavy (non-hydrogen) atoms. The Hall–Kier alpha value is -3.34. The first-order chi connectivity index (χ1) is 12.0. The molecule has 0 fully saturated rings. The van der Waals surface area contributed by atoms with Crippen molar-refractivity contribution in [2.24, 2.45) is 0 Å². The number of ether oxygens (including phenoxy) is 2. The van der Waals surface area contributed by atoms with Gasteiger partial charge in [-0.2, -0.15) is 0 Å². The fraction of sp³-hybridized carbons (Fsp3) is 0.100. The molecule has 0 atom stereocenters. The highest BCUT2D eigenvalue weighted by Crippen LogP contribution is 2.38. The molecule has 0 aliphatic heterocycles. The Bertz CT molecular complexity index is 957. The molecule has 3 aromatic rings. The minimum absolute atomic E-state index is 0.410. The predicted molar refractivity (Wildman–Crippen MR) is 94.9 cm³/mol. The summed E-state index contributed by atoms with van der Waals surface area (Å²) in [6.07, 6.45) is 2.21. The fourth-order valence-corrected chi connectivity index (χ4v) is 2.66. The lowest BCUT2D eigenvalue weighted by Gasteiger charge is -2.05. The molecule has 0 spiro atoms. The summed E-state index contributed by atoms with van der Waals surface area (Å²) in [6.45, 7) is 10.4. The topological polar surface area (TPSA) is 65.7 Å². The molecule has 0 saturated carbocycles. The molecule has 0 saturated heterocycles. The van der Waals surface area contributed by atoms with Crippen LogP contribution in [-0.4, -0.2) is 11.9 Å². The van der Waals surface area contributed by atoms with E-state index in [1.807, 2.05) is 26.0 Å². The highest BCUT2D eigenvalue weighted by Gasteiger charge is 2.17. The second-order valence-corrected chi connectivity index (χ2v) is 5.48. The Kier molecular flexibility index (Phi) is 4.15. The van der Waals surface area contributed by atoms with E-state index in [1.165, 1.54) is 0 Å². The van der Waals surface area contributed by atoms with Gasteiger partial charge in [-0.15, -0.1) is 0 Å². The minimum Gasteiger partial charge on any atom is -0.455 e. The van der Waals surface area contributed by atoms with Gasteiger partial charge in [-0.1, -0.05) is 13.2 Å². The van der Waals surface area contributed by atoms with Gasteiger partial charge in [0.25, 0.3) is 0 Å². The first-order valence-electron chi connectivity index (χ1n) is 7.60. The molecule has 0 unspecified atom stereocenters. The molecule has 0 aliphatic rings. The molecular weight excluding hydrogens is 320 g/mol. The molecule has 1 heterocycles. The third-order valence-corrected chi connectivity index (χ3v) is 3.96. The third-order valence-electron chi connectivity index (χ3n) is 3.96. The minimum atomic E-state index is -0.534. The Morgan fingerprint density at radius 1 is 0.840 bits per heavy atom. The Morgan fingerprint density at radius 2 is 1.24 bits per heavy atom. The van der Waals surface area contributed by atoms with Gasteiger partial charge in [-0.05, 0) is 38.1 Å². The first-order valence-corrected chi connectivity index (χ1v) is 7.60. The number of esters is 2. The van der Waals surface area contributed by atoms with Crippen LogP contribution >= 0.6 is 0 Å². The van der Waals surface area contributed by atoms with Crippen LogP contribution in [0, 0.1) is 13.8 Å². The van der Waals surface area contributed by atoms with Crippen LogP contribution in [0.4, 0.5) is 0 Å². The summed E-state index contributed by atoms with van der Waals surface area (Å²) in [5, 5.41) is 1.77. The average molecular weight is 336 g/mol. The molecule has 0 bridgehead atoms. The number of rotatable bonds is 4. The number of aryl methyl sites for hydroxylation is 2. The molecule has 0 amide bonds. The maximum absolute atomic E-state index is 11.4. The molecule has 2 aromatic carbocycles. The van der Waals surface area contributed by atoms with Crippen molar-refractivity contribution < 1.29 is 23.5 Å². The van der Waals surface area contributed by atoms with Crippen molar-refractivity contribution in [2.45, 2.75) is 13.8 Å². The molecule has 5 heteroatoms. The van der Waals surface area contributed by atoms with Crippen molar-refractivity contribution >= 4 is 33.9 Å². The van der Waals surface area contributed by atoms with Crippen LogP contribution in [0.25, 0.3) is 21.9 Å². The molecule has 0 aliphatic carbocycles. The van der Waals surface area contributed by atoms with E-state index in [-0.39, 0.29) is 0 Å². The SMILES string of the molecule is C=CC(=O)Oc1ccc2c(oc3c(C)c(OC(=O)C=C)ccc32)c1C. The normalized spacial score (nSPS) is 10.6. The van der Waals surface area contributed by atoms with Crippen molar-refractivity contribution in [1.29, 1.82) is 0 Å². The molecular formula is C20H16O5. The largest absolute Gasteiger partial charge is 0.455 e. The van der Waals surface area contributed by atoms with Gasteiger partial charge in [-0.3, -0.25) is 0 Å². The molecule has 126 valence electrons. The summed E-state index contributed by atoms with van der Waals surface area (Å²) >= 11 is 0. The number of hydrogen-bond acceptors (Lipinski definition) is 5. The lowest BCUT2D eigenvalue weighted by atomic mass is 10.1. The van der Waals surface area contributed by atoms with E-state index < -0.39 is 11.9 Å². The summed E-state index contributed by atoms with van der Waals surface area (Å²) in [5.41, 5.74) is 2.63. The first kappa shape index (κ1) is 16.5. The number of carbonyl (C=O) groups excluding carboxylic acids is 2. The number of hydrogen-bond donors (Lipinski definition) is 0. The van der Waals surface area contributed by atoms with Gasteiger partial charge in [0.2, 0.25) is 0 Å². The van der Waals surface area contributed by atoms with Crippen molar-refractivity contribution in [2.75, 3.05) is 0 Å². The van der Waals surface area contributed by atoms with E-state index >= 15 is 0 Å². The lowest BCUT2D eigenvalue weighted by Crippen LogP contribution is -2.04. The van der Waals surface area contributed by atoms with Gasteiger partial charge in [0, 0.05) is 34.1 Å². The summed E-state index contributed by atoms with van der Waals surface area (Å²) in [5.74, 6) is -0.249. The van der Waals surface area contributed by atoms with E-state index in [1.54, 1.807) is 12.1 Å². The number of furan rings is 1. The molecule has 5 nitrogen and oxygen atoms in total. The zero-order valence-corrected chi connectivity index (χ0v) is 13.9. The van der Waals surface area contributed by atoms with Gasteiger partial charge >= 0.3 is 11.9 Å². The van der Waals surface area contributed by atoms with E-state index in [4.69, 9.17) is 13.9 Å². The smallest absolute Gasteiger partial charge is 0.335 e. The van der Waals surface area contributed by atoms with Crippen LogP contribution in [-0.2, 0) is 9.59 Å². The standard InChI is InChI=1S/C20H16O5/c1-5-17(21)23-15-9-7-13-14-8-10-16(24-18(22)6-2)12(4)20(14)25-19(13)11(15)3/h5-10H,1-2H2,3-4H3. The average Bonchev–Trinajstić information content (AvgIpc) is 2.99. The highest BCUT2D eigenvalue weighted by molar-refractivity contribution is 6.08. The van der Waals surface area contributed by atoms with Crippen molar-refractivity contribution in [3.63, 3.8) is 0 Å².